The van der Waals surface area contributed by atoms with Gasteiger partial charge in [0.15, 0.2) is 17.5 Å². The first kappa shape index (κ1) is 18.1. The van der Waals surface area contributed by atoms with E-state index in [-0.39, 0.29) is 24.8 Å². The van der Waals surface area contributed by atoms with Crippen LogP contribution < -0.4 is 20.1 Å². The second-order valence-corrected chi connectivity index (χ2v) is 6.84. The summed E-state index contributed by atoms with van der Waals surface area (Å²) in [5.74, 6) is 1.29. The van der Waals surface area contributed by atoms with Crippen LogP contribution in [0.2, 0.25) is 0 Å². The normalized spacial score (nSPS) is 13.4. The minimum atomic E-state index is -0.282. The molecule has 1 aliphatic heterocycles. The maximum atomic E-state index is 12.8. The van der Waals surface area contributed by atoms with Crippen LogP contribution in [-0.4, -0.2) is 18.7 Å². The Kier molecular flexibility index (Phi) is 5.26. The summed E-state index contributed by atoms with van der Waals surface area (Å²) < 4.78 is 10.7. The van der Waals surface area contributed by atoms with E-state index < -0.39 is 0 Å². The molecule has 3 aromatic rings. The summed E-state index contributed by atoms with van der Waals surface area (Å²) in [5, 5.41) is 5.06. The highest BCUT2D eigenvalue weighted by Gasteiger charge is 2.25. The molecule has 142 valence electrons. The second kappa shape index (κ2) is 8.15. The summed E-state index contributed by atoms with van der Waals surface area (Å²) in [7, 11) is 0. The molecule has 1 atom stereocenters. The summed E-state index contributed by atoms with van der Waals surface area (Å²) >= 11 is 0. The Balaban J connectivity index is 1.49. The highest BCUT2D eigenvalue weighted by molar-refractivity contribution is 5.93. The quantitative estimate of drug-likeness (QED) is 0.696. The van der Waals surface area contributed by atoms with Crippen molar-refractivity contribution in [1.29, 1.82) is 0 Å². The predicted molar refractivity (Wildman–Crippen MR) is 107 cm³/mol. The molecule has 3 aromatic carbocycles. The Hall–Kier alpha value is -3.31. The van der Waals surface area contributed by atoms with Crippen molar-refractivity contribution in [1.82, 2.24) is 0 Å². The van der Waals surface area contributed by atoms with E-state index in [4.69, 9.17) is 9.47 Å². The number of benzene rings is 3. The van der Waals surface area contributed by atoms with Crippen LogP contribution in [0.4, 0.5) is 5.69 Å². The third-order valence-electron chi connectivity index (χ3n) is 4.85. The number of quaternary nitrogens is 1. The van der Waals surface area contributed by atoms with E-state index in [2.05, 4.69) is 34.9 Å². The molecule has 28 heavy (non-hydrogen) atoms. The number of hydrogen-bond donors (Lipinski definition) is 2. The molecule has 0 bridgehead atoms. The van der Waals surface area contributed by atoms with E-state index in [1.807, 2.05) is 55.5 Å². The van der Waals surface area contributed by atoms with Crippen molar-refractivity contribution in [2.45, 2.75) is 19.0 Å². The minimum Gasteiger partial charge on any atom is -0.454 e. The first-order valence-electron chi connectivity index (χ1n) is 9.36. The molecule has 1 amide bonds. The van der Waals surface area contributed by atoms with Crippen LogP contribution in [0.1, 0.15) is 24.1 Å². The number of carbonyl (C=O) groups excluding carboxylic acids is 1. The highest BCUT2D eigenvalue weighted by Crippen LogP contribution is 2.34. The van der Waals surface area contributed by atoms with E-state index >= 15 is 0 Å². The number of carbonyl (C=O) groups is 1. The van der Waals surface area contributed by atoms with Crippen molar-refractivity contribution in [3.63, 3.8) is 0 Å². The van der Waals surface area contributed by atoms with Crippen LogP contribution in [-0.2, 0) is 4.79 Å². The summed E-state index contributed by atoms with van der Waals surface area (Å²) in [6, 6.07) is 25.7. The molecule has 0 aromatic heterocycles. The maximum absolute atomic E-state index is 12.8. The Morgan fingerprint density at radius 3 is 2.14 bits per heavy atom. The van der Waals surface area contributed by atoms with Gasteiger partial charge in [-0.15, -0.1) is 0 Å². The smallest absolute Gasteiger partial charge is 0.282 e. The lowest BCUT2D eigenvalue weighted by Gasteiger charge is -2.20. The molecule has 1 heterocycles. The lowest BCUT2D eigenvalue weighted by atomic mass is 9.98. The topological polar surface area (TPSA) is 64.2 Å². The van der Waals surface area contributed by atoms with Gasteiger partial charge in [0, 0.05) is 22.9 Å². The largest absolute Gasteiger partial charge is 0.454 e. The average molecular weight is 375 g/mol. The van der Waals surface area contributed by atoms with E-state index in [9.17, 15) is 4.79 Å². The molecule has 0 spiro atoms. The van der Waals surface area contributed by atoms with Crippen LogP contribution in [0, 0.1) is 0 Å². The van der Waals surface area contributed by atoms with Crippen molar-refractivity contribution in [2.24, 2.45) is 0 Å². The molecule has 1 aliphatic rings. The number of anilines is 1. The number of amides is 1. The number of nitrogens with one attached hydrogen (secondary N) is 1. The molecule has 0 aliphatic carbocycles. The maximum Gasteiger partial charge on any atom is 0.282 e. The molecule has 3 N–H and O–H groups in total. The fourth-order valence-corrected chi connectivity index (χ4v) is 3.34. The van der Waals surface area contributed by atoms with Crippen LogP contribution in [0.25, 0.3) is 0 Å². The van der Waals surface area contributed by atoms with E-state index in [1.54, 1.807) is 6.07 Å². The molecular weight excluding hydrogens is 352 g/mol. The zero-order chi connectivity index (χ0) is 19.3. The minimum absolute atomic E-state index is 0.0416. The van der Waals surface area contributed by atoms with E-state index in [1.165, 1.54) is 0 Å². The number of hydrogen-bond acceptors (Lipinski definition) is 3. The summed E-state index contributed by atoms with van der Waals surface area (Å²) in [6.45, 7) is 2.13. The zero-order valence-electron chi connectivity index (χ0n) is 15.7. The molecule has 0 unspecified atom stereocenters. The van der Waals surface area contributed by atoms with Crippen molar-refractivity contribution in [3.8, 4) is 11.5 Å². The molecule has 5 nitrogen and oxygen atoms in total. The van der Waals surface area contributed by atoms with Gasteiger partial charge >= 0.3 is 0 Å². The first-order valence-corrected chi connectivity index (χ1v) is 9.36. The van der Waals surface area contributed by atoms with Gasteiger partial charge in [0.05, 0.1) is 0 Å². The fourth-order valence-electron chi connectivity index (χ4n) is 3.34. The lowest BCUT2D eigenvalue weighted by Crippen LogP contribution is -2.92. The highest BCUT2D eigenvalue weighted by atomic mass is 16.7. The molecule has 0 radical (unpaired) electrons. The van der Waals surface area contributed by atoms with Gasteiger partial charge in [0.1, 0.15) is 6.04 Å². The van der Waals surface area contributed by atoms with Crippen LogP contribution >= 0.6 is 0 Å². The molecule has 0 saturated heterocycles. The Bertz CT molecular complexity index is 905. The summed E-state index contributed by atoms with van der Waals surface area (Å²) in [5.41, 5.74) is 3.03. The van der Waals surface area contributed by atoms with E-state index in [0.29, 0.717) is 17.2 Å². The van der Waals surface area contributed by atoms with Gasteiger partial charge < -0.3 is 20.1 Å². The Labute approximate surface area is 164 Å². The number of fused-ring (bicyclic) bond motifs is 1. The van der Waals surface area contributed by atoms with Gasteiger partial charge in [-0.05, 0) is 19.1 Å². The first-order chi connectivity index (χ1) is 13.7. The van der Waals surface area contributed by atoms with Crippen LogP contribution in [0.15, 0.2) is 78.9 Å². The van der Waals surface area contributed by atoms with E-state index in [0.717, 1.165) is 11.1 Å². The summed E-state index contributed by atoms with van der Waals surface area (Å²) in [4.78, 5) is 12.8. The number of ether oxygens (including phenoxy) is 2. The number of nitrogens with two attached hydrogens (primary N) is 1. The Morgan fingerprint density at radius 1 is 0.893 bits per heavy atom. The van der Waals surface area contributed by atoms with Gasteiger partial charge in [-0.3, -0.25) is 4.79 Å². The Morgan fingerprint density at radius 2 is 1.50 bits per heavy atom. The average Bonchev–Trinajstić information content (AvgIpc) is 3.21. The van der Waals surface area contributed by atoms with Crippen LogP contribution in [0.5, 0.6) is 11.5 Å². The standard InChI is InChI=1S/C23H22N2O3/c1-16(23(26)25-19-12-13-20-21(14-19)28-15-27-20)24-22(17-8-4-2-5-9-17)18-10-6-3-7-11-18/h2-14,16,22,24H,15H2,1H3,(H,25,26)/p+1/t16-/m0/s1. The third-order valence-corrected chi connectivity index (χ3v) is 4.85. The predicted octanol–water partition coefficient (Wildman–Crippen LogP) is 3.10. The van der Waals surface area contributed by atoms with Crippen molar-refractivity contribution in [2.75, 3.05) is 12.1 Å². The molecular formula is C23H23N2O3+. The van der Waals surface area contributed by atoms with Gasteiger partial charge in [-0.25, -0.2) is 0 Å². The molecule has 0 saturated carbocycles. The van der Waals surface area contributed by atoms with Gasteiger partial charge in [0.2, 0.25) is 6.79 Å². The SMILES string of the molecule is C[C@H]([NH2+]C(c1ccccc1)c1ccccc1)C(=O)Nc1ccc2c(c1)OCO2. The van der Waals surface area contributed by atoms with Crippen molar-refractivity contribution >= 4 is 11.6 Å². The second-order valence-electron chi connectivity index (χ2n) is 6.84. The number of rotatable bonds is 6. The van der Waals surface area contributed by atoms with Gasteiger partial charge in [-0.1, -0.05) is 60.7 Å². The fraction of sp³-hybridized carbons (Fsp3) is 0.174. The monoisotopic (exact) mass is 375 g/mol. The zero-order valence-corrected chi connectivity index (χ0v) is 15.7. The third kappa shape index (κ3) is 4.00. The lowest BCUT2D eigenvalue weighted by molar-refractivity contribution is -0.704. The van der Waals surface area contributed by atoms with Crippen LogP contribution in [0.3, 0.4) is 0 Å². The molecule has 5 heteroatoms. The van der Waals surface area contributed by atoms with Crippen molar-refractivity contribution < 1.29 is 19.6 Å². The summed E-state index contributed by atoms with van der Waals surface area (Å²) in [6.07, 6.45) is 0. The van der Waals surface area contributed by atoms with Crippen molar-refractivity contribution in [3.05, 3.63) is 90.0 Å². The van der Waals surface area contributed by atoms with Gasteiger partial charge in [0.25, 0.3) is 5.91 Å². The molecule has 0 fully saturated rings. The van der Waals surface area contributed by atoms with Gasteiger partial charge in [-0.2, -0.15) is 0 Å². The molecule has 4 rings (SSSR count).